The molecule has 3 N–H and O–H groups in total. The van der Waals surface area contributed by atoms with E-state index in [4.69, 9.17) is 10.6 Å². The zero-order valence-corrected chi connectivity index (χ0v) is 10.8. The van der Waals surface area contributed by atoms with Crippen molar-refractivity contribution in [1.82, 2.24) is 10.2 Å². The molecule has 0 spiro atoms. The van der Waals surface area contributed by atoms with E-state index in [1.165, 1.54) is 16.2 Å². The fourth-order valence-corrected chi connectivity index (χ4v) is 2.72. The van der Waals surface area contributed by atoms with E-state index in [9.17, 15) is 0 Å². The quantitative estimate of drug-likeness (QED) is 0.491. The van der Waals surface area contributed by atoms with Gasteiger partial charge in [0.1, 0.15) is 10.8 Å². The maximum atomic E-state index is 5.24. The molecule has 0 saturated heterocycles. The molecule has 0 fully saturated rings. The molecular formula is C10H12N4OS2. The van der Waals surface area contributed by atoms with Crippen molar-refractivity contribution in [2.75, 3.05) is 12.5 Å². The highest BCUT2D eigenvalue weighted by Gasteiger charge is 2.03. The highest BCUT2D eigenvalue weighted by atomic mass is 32.2. The van der Waals surface area contributed by atoms with Crippen LogP contribution in [0.15, 0.2) is 29.2 Å². The van der Waals surface area contributed by atoms with Crippen molar-refractivity contribution in [3.8, 4) is 5.75 Å². The summed E-state index contributed by atoms with van der Waals surface area (Å²) in [5, 5.41) is 9.47. The molecule has 0 radical (unpaired) electrons. The van der Waals surface area contributed by atoms with Gasteiger partial charge in [-0.25, -0.2) is 5.84 Å². The third kappa shape index (κ3) is 3.32. The van der Waals surface area contributed by atoms with Crippen molar-refractivity contribution < 1.29 is 4.74 Å². The number of ether oxygens (including phenoxy) is 1. The third-order valence-corrected chi connectivity index (χ3v) is 4.07. The summed E-state index contributed by atoms with van der Waals surface area (Å²) >= 11 is 3.16. The number of thioether (sulfide) groups is 1. The van der Waals surface area contributed by atoms with Crippen LogP contribution in [-0.4, -0.2) is 17.3 Å². The summed E-state index contributed by atoms with van der Waals surface area (Å²) in [6.07, 6.45) is 0. The summed E-state index contributed by atoms with van der Waals surface area (Å²) < 4.78 is 5.10. The monoisotopic (exact) mass is 268 g/mol. The number of hydrogen-bond donors (Lipinski definition) is 2. The van der Waals surface area contributed by atoms with Crippen LogP contribution in [0.25, 0.3) is 0 Å². The summed E-state index contributed by atoms with van der Waals surface area (Å²) in [5.41, 5.74) is 2.48. The number of nitrogens with one attached hydrogen (secondary N) is 1. The van der Waals surface area contributed by atoms with Gasteiger partial charge in [0.15, 0.2) is 0 Å². The number of nitrogen functional groups attached to an aromatic ring is 1. The van der Waals surface area contributed by atoms with Gasteiger partial charge < -0.3 is 4.74 Å². The number of benzene rings is 1. The first-order valence-corrected chi connectivity index (χ1v) is 6.68. The van der Waals surface area contributed by atoms with Crippen molar-refractivity contribution in [3.63, 3.8) is 0 Å². The average molecular weight is 268 g/mol. The van der Waals surface area contributed by atoms with E-state index >= 15 is 0 Å². The van der Waals surface area contributed by atoms with Crippen LogP contribution >= 0.6 is 23.1 Å². The van der Waals surface area contributed by atoms with Crippen LogP contribution in [0.2, 0.25) is 0 Å². The maximum Gasteiger partial charge on any atom is 0.219 e. The molecule has 0 atom stereocenters. The van der Waals surface area contributed by atoms with Crippen LogP contribution in [-0.2, 0) is 5.75 Å². The molecule has 1 aromatic carbocycles. The highest BCUT2D eigenvalue weighted by molar-refractivity contribution is 7.98. The average Bonchev–Trinajstić information content (AvgIpc) is 2.85. The number of aromatic nitrogens is 2. The minimum absolute atomic E-state index is 0.635. The van der Waals surface area contributed by atoms with Crippen LogP contribution in [0.5, 0.6) is 5.75 Å². The Balaban J connectivity index is 1.92. The Morgan fingerprint density at radius 3 is 2.71 bits per heavy atom. The number of nitrogens with zero attached hydrogens (tertiary/aromatic N) is 2. The molecule has 0 amide bonds. The summed E-state index contributed by atoms with van der Waals surface area (Å²) in [7, 11) is 1.66. The minimum Gasteiger partial charge on any atom is -0.497 e. The van der Waals surface area contributed by atoms with Gasteiger partial charge in [0.05, 0.1) is 12.9 Å². The highest BCUT2D eigenvalue weighted by Crippen LogP contribution is 2.26. The van der Waals surface area contributed by atoms with Crippen molar-refractivity contribution >= 4 is 28.2 Å². The number of methoxy groups -OCH3 is 1. The number of hydrazine groups is 1. The Morgan fingerprint density at radius 1 is 1.35 bits per heavy atom. The van der Waals surface area contributed by atoms with Crippen LogP contribution in [0, 0.1) is 0 Å². The van der Waals surface area contributed by atoms with Crippen LogP contribution < -0.4 is 16.0 Å². The molecule has 1 heterocycles. The first-order chi connectivity index (χ1) is 8.31. The second kappa shape index (κ2) is 5.85. The lowest BCUT2D eigenvalue weighted by Crippen LogP contribution is -2.05. The predicted molar refractivity (Wildman–Crippen MR) is 70.3 cm³/mol. The van der Waals surface area contributed by atoms with E-state index in [0.717, 1.165) is 16.5 Å². The first-order valence-electron chi connectivity index (χ1n) is 4.87. The second-order valence-corrected chi connectivity index (χ2v) is 5.22. The molecule has 2 rings (SSSR count). The van der Waals surface area contributed by atoms with Crippen LogP contribution in [0.1, 0.15) is 5.01 Å². The summed E-state index contributed by atoms with van der Waals surface area (Å²) in [6, 6.07) is 7.92. The molecule has 1 aromatic heterocycles. The van der Waals surface area contributed by atoms with Crippen molar-refractivity contribution in [3.05, 3.63) is 29.3 Å². The number of rotatable bonds is 5. The van der Waals surface area contributed by atoms with Gasteiger partial charge >= 0.3 is 0 Å². The standard InChI is InChI=1S/C10H12N4OS2/c1-15-7-2-4-8(5-3-7)16-6-9-13-14-10(12-11)17-9/h2-5H,6,11H2,1H3,(H,12,14). The smallest absolute Gasteiger partial charge is 0.219 e. The van der Waals surface area contributed by atoms with Crippen molar-refractivity contribution in [2.45, 2.75) is 10.6 Å². The first kappa shape index (κ1) is 12.2. The van der Waals surface area contributed by atoms with Gasteiger partial charge in [-0.1, -0.05) is 11.3 Å². The summed E-state index contributed by atoms with van der Waals surface area (Å²) in [6.45, 7) is 0. The lowest BCUT2D eigenvalue weighted by atomic mass is 10.3. The normalized spacial score (nSPS) is 10.2. The fourth-order valence-electron chi connectivity index (χ4n) is 1.19. The van der Waals surface area contributed by atoms with E-state index in [1.807, 2.05) is 24.3 Å². The Labute approximate surface area is 107 Å². The molecule has 0 aliphatic heterocycles. The zero-order valence-electron chi connectivity index (χ0n) is 9.21. The molecule has 0 aliphatic carbocycles. The maximum absolute atomic E-state index is 5.24. The SMILES string of the molecule is COc1ccc(SCc2nnc(NN)s2)cc1. The Bertz CT molecular complexity index is 471. The van der Waals surface area contributed by atoms with Crippen molar-refractivity contribution in [2.24, 2.45) is 5.84 Å². The Hall–Kier alpha value is -1.31. The minimum atomic E-state index is 0.635. The fraction of sp³-hybridized carbons (Fsp3) is 0.200. The van der Waals surface area contributed by atoms with Gasteiger partial charge in [-0.2, -0.15) is 0 Å². The number of nitrogens with two attached hydrogens (primary N) is 1. The molecule has 0 saturated carbocycles. The van der Waals surface area contributed by atoms with Crippen LogP contribution in [0.3, 0.4) is 0 Å². The molecule has 17 heavy (non-hydrogen) atoms. The van der Waals surface area contributed by atoms with Crippen LogP contribution in [0.4, 0.5) is 5.13 Å². The lowest BCUT2D eigenvalue weighted by Gasteiger charge is -2.01. The largest absolute Gasteiger partial charge is 0.497 e. The van der Waals surface area contributed by atoms with Gasteiger partial charge in [-0.05, 0) is 24.3 Å². The molecule has 0 aliphatic rings. The Morgan fingerprint density at radius 2 is 2.12 bits per heavy atom. The summed E-state index contributed by atoms with van der Waals surface area (Å²) in [4.78, 5) is 1.17. The van der Waals surface area contributed by atoms with Gasteiger partial charge in [-0.15, -0.1) is 22.0 Å². The molecule has 0 bridgehead atoms. The predicted octanol–water partition coefficient (Wildman–Crippen LogP) is 2.12. The zero-order chi connectivity index (χ0) is 12.1. The lowest BCUT2D eigenvalue weighted by molar-refractivity contribution is 0.414. The molecule has 0 unspecified atom stereocenters. The van der Waals surface area contributed by atoms with E-state index < -0.39 is 0 Å². The van der Waals surface area contributed by atoms with Gasteiger partial charge in [-0.3, -0.25) is 5.43 Å². The number of anilines is 1. The third-order valence-electron chi connectivity index (χ3n) is 2.01. The molecule has 2 aromatic rings. The van der Waals surface area contributed by atoms with E-state index in [-0.39, 0.29) is 0 Å². The van der Waals surface area contributed by atoms with E-state index in [0.29, 0.717) is 5.13 Å². The number of hydrogen-bond acceptors (Lipinski definition) is 7. The molecule has 90 valence electrons. The second-order valence-electron chi connectivity index (χ2n) is 3.11. The van der Waals surface area contributed by atoms with E-state index in [1.54, 1.807) is 18.9 Å². The van der Waals surface area contributed by atoms with E-state index in [2.05, 4.69) is 15.6 Å². The van der Waals surface area contributed by atoms with Gasteiger partial charge in [0.25, 0.3) is 0 Å². The molecule has 5 nitrogen and oxygen atoms in total. The van der Waals surface area contributed by atoms with Gasteiger partial charge in [0, 0.05) is 4.90 Å². The summed E-state index contributed by atoms with van der Waals surface area (Å²) in [5.74, 6) is 6.88. The topological polar surface area (TPSA) is 73.1 Å². The molecular weight excluding hydrogens is 256 g/mol. The van der Waals surface area contributed by atoms with Gasteiger partial charge in [0.2, 0.25) is 5.13 Å². The Kier molecular flexibility index (Phi) is 4.18. The van der Waals surface area contributed by atoms with Crippen molar-refractivity contribution in [1.29, 1.82) is 0 Å². The molecule has 7 heteroatoms.